The van der Waals surface area contributed by atoms with E-state index in [2.05, 4.69) is 10.4 Å². The average Bonchev–Trinajstić information content (AvgIpc) is 2.48. The van der Waals surface area contributed by atoms with Crippen molar-refractivity contribution in [3.8, 4) is 0 Å². The van der Waals surface area contributed by atoms with Gasteiger partial charge in [-0.25, -0.2) is 8.42 Å². The molecule has 104 valence electrons. The molecule has 1 aromatic rings. The standard InChI is InChI=1S/C12H23N3O2S/c1-6-13-11(7-8-18(5,16)17)12-9(2)14-15(4)10(12)3/h11,13H,6-8H2,1-5H3. The summed E-state index contributed by atoms with van der Waals surface area (Å²) in [5, 5.41) is 7.73. The minimum Gasteiger partial charge on any atom is -0.310 e. The molecule has 18 heavy (non-hydrogen) atoms. The van der Waals surface area contributed by atoms with Crippen molar-refractivity contribution in [1.82, 2.24) is 15.1 Å². The first-order chi connectivity index (χ1) is 8.26. The molecule has 0 amide bonds. The lowest BCUT2D eigenvalue weighted by atomic mass is 10.0. The van der Waals surface area contributed by atoms with Crippen LogP contribution in [0.5, 0.6) is 0 Å². The van der Waals surface area contributed by atoms with Gasteiger partial charge in [-0.05, 0) is 26.8 Å². The monoisotopic (exact) mass is 273 g/mol. The topological polar surface area (TPSA) is 64.0 Å². The van der Waals surface area contributed by atoms with Crippen molar-refractivity contribution in [2.45, 2.75) is 33.2 Å². The first kappa shape index (κ1) is 15.2. The third-order valence-corrected chi connectivity index (χ3v) is 4.12. The van der Waals surface area contributed by atoms with Crippen molar-refractivity contribution < 1.29 is 8.42 Å². The first-order valence-electron chi connectivity index (χ1n) is 6.17. The Bertz CT molecular complexity index is 506. The van der Waals surface area contributed by atoms with Crippen LogP contribution in [-0.4, -0.2) is 36.8 Å². The fourth-order valence-corrected chi connectivity index (χ4v) is 2.88. The average molecular weight is 273 g/mol. The van der Waals surface area contributed by atoms with E-state index in [1.54, 1.807) is 0 Å². The van der Waals surface area contributed by atoms with Crippen molar-refractivity contribution in [1.29, 1.82) is 0 Å². The Labute approximate surface area is 109 Å². The van der Waals surface area contributed by atoms with Crippen molar-refractivity contribution in [2.24, 2.45) is 7.05 Å². The molecule has 0 aromatic carbocycles. The maximum absolute atomic E-state index is 11.3. The highest BCUT2D eigenvalue weighted by Gasteiger charge is 2.20. The van der Waals surface area contributed by atoms with Gasteiger partial charge in [0.1, 0.15) is 9.84 Å². The molecule has 0 saturated carbocycles. The molecule has 0 fully saturated rings. The Morgan fingerprint density at radius 3 is 2.39 bits per heavy atom. The molecule has 5 nitrogen and oxygen atoms in total. The Balaban J connectivity index is 2.97. The molecule has 0 aliphatic rings. The summed E-state index contributed by atoms with van der Waals surface area (Å²) < 4.78 is 24.4. The van der Waals surface area contributed by atoms with Gasteiger partial charge in [0.2, 0.25) is 0 Å². The maximum atomic E-state index is 11.3. The number of rotatable bonds is 6. The molecule has 0 bridgehead atoms. The van der Waals surface area contributed by atoms with Gasteiger partial charge in [-0.3, -0.25) is 4.68 Å². The molecule has 0 aliphatic heterocycles. The van der Waals surface area contributed by atoms with Gasteiger partial charge in [0, 0.05) is 30.6 Å². The third kappa shape index (κ3) is 3.81. The molecule has 1 atom stereocenters. The molecule has 0 radical (unpaired) electrons. The number of sulfone groups is 1. The van der Waals surface area contributed by atoms with Gasteiger partial charge in [0.25, 0.3) is 0 Å². The summed E-state index contributed by atoms with van der Waals surface area (Å²) in [6, 6.07) is 0.0541. The van der Waals surface area contributed by atoms with Crippen molar-refractivity contribution in [3.05, 3.63) is 17.0 Å². The Morgan fingerprint density at radius 2 is 2.00 bits per heavy atom. The molecule has 0 saturated heterocycles. The minimum absolute atomic E-state index is 0.0541. The quantitative estimate of drug-likeness (QED) is 0.843. The van der Waals surface area contributed by atoms with Crippen LogP contribution in [0.2, 0.25) is 0 Å². The zero-order chi connectivity index (χ0) is 13.9. The molecular weight excluding hydrogens is 250 g/mol. The summed E-state index contributed by atoms with van der Waals surface area (Å²) >= 11 is 0. The normalized spacial score (nSPS) is 13.8. The predicted octanol–water partition coefficient (Wildman–Crippen LogP) is 1.12. The van der Waals surface area contributed by atoms with Crippen LogP contribution < -0.4 is 5.32 Å². The minimum atomic E-state index is -2.93. The van der Waals surface area contributed by atoms with Crippen LogP contribution in [0.25, 0.3) is 0 Å². The molecule has 0 spiro atoms. The van der Waals surface area contributed by atoms with E-state index in [9.17, 15) is 8.42 Å². The van der Waals surface area contributed by atoms with E-state index in [0.717, 1.165) is 23.5 Å². The summed E-state index contributed by atoms with van der Waals surface area (Å²) in [5.74, 6) is 0.193. The van der Waals surface area contributed by atoms with Gasteiger partial charge in [0.15, 0.2) is 0 Å². The van der Waals surface area contributed by atoms with Crippen LogP contribution in [0.15, 0.2) is 0 Å². The van der Waals surface area contributed by atoms with E-state index >= 15 is 0 Å². The molecule has 1 unspecified atom stereocenters. The van der Waals surface area contributed by atoms with E-state index in [-0.39, 0.29) is 11.8 Å². The fraction of sp³-hybridized carbons (Fsp3) is 0.750. The SMILES string of the molecule is CCNC(CCS(C)(=O)=O)c1c(C)nn(C)c1C. The number of aryl methyl sites for hydroxylation is 2. The van der Waals surface area contributed by atoms with Crippen LogP contribution in [0, 0.1) is 13.8 Å². The fourth-order valence-electron chi connectivity index (χ4n) is 2.22. The summed E-state index contributed by atoms with van der Waals surface area (Å²) in [6.07, 6.45) is 1.86. The molecule has 1 aromatic heterocycles. The number of hydrogen-bond donors (Lipinski definition) is 1. The molecular formula is C12H23N3O2S. The summed E-state index contributed by atoms with van der Waals surface area (Å²) in [4.78, 5) is 0. The summed E-state index contributed by atoms with van der Waals surface area (Å²) in [6.45, 7) is 6.81. The molecule has 1 heterocycles. The summed E-state index contributed by atoms with van der Waals surface area (Å²) in [7, 11) is -1.02. The lowest BCUT2D eigenvalue weighted by Gasteiger charge is -2.18. The lowest BCUT2D eigenvalue weighted by molar-refractivity contribution is 0.525. The van der Waals surface area contributed by atoms with Gasteiger partial charge in [-0.2, -0.15) is 5.10 Å². The Hall–Kier alpha value is -0.880. The first-order valence-corrected chi connectivity index (χ1v) is 8.23. The van der Waals surface area contributed by atoms with Gasteiger partial charge < -0.3 is 5.32 Å². The van der Waals surface area contributed by atoms with Gasteiger partial charge in [-0.15, -0.1) is 0 Å². The maximum Gasteiger partial charge on any atom is 0.147 e. The second-order valence-electron chi connectivity index (χ2n) is 4.74. The van der Waals surface area contributed by atoms with Crippen LogP contribution in [0.4, 0.5) is 0 Å². The third-order valence-electron chi connectivity index (χ3n) is 3.14. The van der Waals surface area contributed by atoms with E-state index in [1.807, 2.05) is 32.5 Å². The molecule has 6 heteroatoms. The van der Waals surface area contributed by atoms with Gasteiger partial charge in [-0.1, -0.05) is 6.92 Å². The number of aromatic nitrogens is 2. The lowest BCUT2D eigenvalue weighted by Crippen LogP contribution is -2.24. The van der Waals surface area contributed by atoms with Gasteiger partial charge in [0.05, 0.1) is 11.4 Å². The largest absolute Gasteiger partial charge is 0.310 e. The predicted molar refractivity (Wildman–Crippen MR) is 73.4 cm³/mol. The number of nitrogens with zero attached hydrogens (tertiary/aromatic N) is 2. The second kappa shape index (κ2) is 5.84. The van der Waals surface area contributed by atoms with E-state index < -0.39 is 9.84 Å². The van der Waals surface area contributed by atoms with Crippen molar-refractivity contribution in [3.63, 3.8) is 0 Å². The van der Waals surface area contributed by atoms with Crippen LogP contribution >= 0.6 is 0 Å². The highest BCUT2D eigenvalue weighted by Crippen LogP contribution is 2.24. The highest BCUT2D eigenvalue weighted by molar-refractivity contribution is 7.90. The Kier molecular flexibility index (Phi) is 4.92. The zero-order valence-corrected chi connectivity index (χ0v) is 12.6. The van der Waals surface area contributed by atoms with Crippen LogP contribution in [0.3, 0.4) is 0 Å². The second-order valence-corrected chi connectivity index (χ2v) is 7.00. The highest BCUT2D eigenvalue weighted by atomic mass is 32.2. The van der Waals surface area contributed by atoms with E-state index in [0.29, 0.717) is 6.42 Å². The Morgan fingerprint density at radius 1 is 1.39 bits per heavy atom. The smallest absolute Gasteiger partial charge is 0.147 e. The number of hydrogen-bond acceptors (Lipinski definition) is 4. The van der Waals surface area contributed by atoms with Crippen molar-refractivity contribution >= 4 is 9.84 Å². The van der Waals surface area contributed by atoms with Crippen LogP contribution in [0.1, 0.15) is 36.3 Å². The van der Waals surface area contributed by atoms with Crippen LogP contribution in [-0.2, 0) is 16.9 Å². The van der Waals surface area contributed by atoms with E-state index in [1.165, 1.54) is 6.26 Å². The molecule has 1 rings (SSSR count). The van der Waals surface area contributed by atoms with Gasteiger partial charge >= 0.3 is 0 Å². The number of nitrogens with one attached hydrogen (secondary N) is 1. The van der Waals surface area contributed by atoms with E-state index in [4.69, 9.17) is 0 Å². The molecule has 1 N–H and O–H groups in total. The summed E-state index contributed by atoms with van der Waals surface area (Å²) in [5.41, 5.74) is 3.18. The molecule has 0 aliphatic carbocycles. The zero-order valence-electron chi connectivity index (χ0n) is 11.8. The van der Waals surface area contributed by atoms with Crippen molar-refractivity contribution in [2.75, 3.05) is 18.6 Å².